The Morgan fingerprint density at radius 1 is 1.13 bits per heavy atom. The van der Waals surface area contributed by atoms with Crippen molar-refractivity contribution in [3.05, 3.63) is 35.4 Å². The topological polar surface area (TPSA) is 122 Å². The molecule has 0 unspecified atom stereocenters. The monoisotopic (exact) mass is 321 g/mol. The van der Waals surface area contributed by atoms with Crippen molar-refractivity contribution in [1.82, 2.24) is 10.6 Å². The van der Waals surface area contributed by atoms with E-state index in [1.807, 2.05) is 13.8 Å². The number of carboxylic acids is 1. The number of nitrogens with two attached hydrogens (primary N) is 1. The third kappa shape index (κ3) is 5.61. The molecule has 1 aromatic rings. The zero-order valence-corrected chi connectivity index (χ0v) is 13.4. The van der Waals surface area contributed by atoms with Crippen molar-refractivity contribution in [2.75, 3.05) is 0 Å². The number of aliphatic carboxylic acids is 1. The van der Waals surface area contributed by atoms with Gasteiger partial charge in [-0.25, -0.2) is 4.79 Å². The van der Waals surface area contributed by atoms with Gasteiger partial charge in [0.05, 0.1) is 12.0 Å². The maximum Gasteiger partial charge on any atom is 0.312 e. The number of primary amides is 1. The van der Waals surface area contributed by atoms with Gasteiger partial charge in [0.25, 0.3) is 5.91 Å². The summed E-state index contributed by atoms with van der Waals surface area (Å²) < 4.78 is 0. The summed E-state index contributed by atoms with van der Waals surface area (Å²) in [4.78, 5) is 34.0. The number of amides is 3. The Morgan fingerprint density at radius 3 is 2.13 bits per heavy atom. The molecule has 0 aliphatic rings. The molecule has 0 aliphatic heterocycles. The second-order valence-electron chi connectivity index (χ2n) is 5.43. The number of hydrogen-bond donors (Lipinski definition) is 4. The third-order valence-corrected chi connectivity index (χ3v) is 3.90. The lowest BCUT2D eigenvalue weighted by atomic mass is 9.88. The van der Waals surface area contributed by atoms with E-state index in [0.29, 0.717) is 18.4 Å². The molecule has 7 heteroatoms. The zero-order chi connectivity index (χ0) is 17.5. The molecule has 1 aromatic carbocycles. The predicted octanol–water partition coefficient (Wildman–Crippen LogP) is 1.62. The SMILES string of the molecule is CCC(CC)(CC(=O)O)NC(=O)c1ccc(CNC(N)=O)cc1. The maximum absolute atomic E-state index is 12.3. The third-order valence-electron chi connectivity index (χ3n) is 3.90. The Kier molecular flexibility index (Phi) is 6.56. The molecule has 0 spiro atoms. The maximum atomic E-state index is 12.3. The summed E-state index contributed by atoms with van der Waals surface area (Å²) in [6.45, 7) is 3.99. The first-order valence-corrected chi connectivity index (χ1v) is 7.48. The Labute approximate surface area is 135 Å². The fraction of sp³-hybridized carbons (Fsp3) is 0.438. The van der Waals surface area contributed by atoms with Crippen molar-refractivity contribution in [3.8, 4) is 0 Å². The predicted molar refractivity (Wildman–Crippen MR) is 85.9 cm³/mol. The van der Waals surface area contributed by atoms with Crippen molar-refractivity contribution in [2.45, 2.75) is 45.2 Å². The van der Waals surface area contributed by atoms with Crippen LogP contribution in [0.25, 0.3) is 0 Å². The van der Waals surface area contributed by atoms with Crippen LogP contribution >= 0.6 is 0 Å². The molecule has 0 aliphatic carbocycles. The lowest BCUT2D eigenvalue weighted by Gasteiger charge is -2.31. The van der Waals surface area contributed by atoms with Crippen molar-refractivity contribution >= 4 is 17.9 Å². The van der Waals surface area contributed by atoms with E-state index in [9.17, 15) is 14.4 Å². The molecule has 1 rings (SSSR count). The van der Waals surface area contributed by atoms with Crippen LogP contribution in [0.4, 0.5) is 4.79 Å². The highest BCUT2D eigenvalue weighted by molar-refractivity contribution is 5.95. The van der Waals surface area contributed by atoms with Crippen LogP contribution in [-0.4, -0.2) is 28.6 Å². The van der Waals surface area contributed by atoms with Crippen LogP contribution in [0.15, 0.2) is 24.3 Å². The number of hydrogen-bond acceptors (Lipinski definition) is 3. The molecule has 3 amide bonds. The van der Waals surface area contributed by atoms with Crippen LogP contribution in [0.3, 0.4) is 0 Å². The van der Waals surface area contributed by atoms with Gasteiger partial charge < -0.3 is 21.5 Å². The molecule has 0 heterocycles. The van der Waals surface area contributed by atoms with E-state index in [2.05, 4.69) is 10.6 Å². The second kappa shape index (κ2) is 8.17. The minimum absolute atomic E-state index is 0.119. The number of carboxylic acid groups (broad SMARTS) is 1. The van der Waals surface area contributed by atoms with Gasteiger partial charge in [-0.1, -0.05) is 26.0 Å². The van der Waals surface area contributed by atoms with Gasteiger partial charge in [-0.3, -0.25) is 9.59 Å². The van der Waals surface area contributed by atoms with Gasteiger partial charge >= 0.3 is 12.0 Å². The van der Waals surface area contributed by atoms with Crippen LogP contribution in [0.5, 0.6) is 0 Å². The first-order chi connectivity index (χ1) is 10.8. The molecule has 0 saturated heterocycles. The van der Waals surface area contributed by atoms with Gasteiger partial charge in [-0.2, -0.15) is 0 Å². The van der Waals surface area contributed by atoms with Gasteiger partial charge in [0.2, 0.25) is 0 Å². The Morgan fingerprint density at radius 2 is 1.70 bits per heavy atom. The Balaban J connectivity index is 2.79. The summed E-state index contributed by atoms with van der Waals surface area (Å²) in [5, 5.41) is 14.3. The summed E-state index contributed by atoms with van der Waals surface area (Å²) in [5.74, 6) is -1.26. The number of benzene rings is 1. The van der Waals surface area contributed by atoms with Crippen molar-refractivity contribution in [3.63, 3.8) is 0 Å². The van der Waals surface area contributed by atoms with Crippen molar-refractivity contribution in [1.29, 1.82) is 0 Å². The van der Waals surface area contributed by atoms with Crippen LogP contribution in [0.1, 0.15) is 49.0 Å². The van der Waals surface area contributed by atoms with Gasteiger partial charge in [0, 0.05) is 12.1 Å². The number of nitrogens with one attached hydrogen (secondary N) is 2. The Hall–Kier alpha value is -2.57. The number of urea groups is 1. The highest BCUT2D eigenvalue weighted by Gasteiger charge is 2.31. The molecule has 0 fully saturated rings. The number of rotatable bonds is 8. The molecule has 0 aromatic heterocycles. The molecule has 126 valence electrons. The average molecular weight is 321 g/mol. The van der Waals surface area contributed by atoms with Crippen LogP contribution in [0.2, 0.25) is 0 Å². The normalized spacial score (nSPS) is 10.9. The first-order valence-electron chi connectivity index (χ1n) is 7.48. The van der Waals surface area contributed by atoms with E-state index >= 15 is 0 Å². The number of carbonyl (C=O) groups excluding carboxylic acids is 2. The second-order valence-corrected chi connectivity index (χ2v) is 5.43. The van der Waals surface area contributed by atoms with E-state index in [0.717, 1.165) is 5.56 Å². The van der Waals surface area contributed by atoms with Gasteiger partial charge in [0.1, 0.15) is 0 Å². The van der Waals surface area contributed by atoms with Crippen LogP contribution < -0.4 is 16.4 Å². The largest absolute Gasteiger partial charge is 0.481 e. The minimum Gasteiger partial charge on any atom is -0.481 e. The van der Waals surface area contributed by atoms with E-state index in [1.165, 1.54) is 0 Å². The quantitative estimate of drug-likeness (QED) is 0.581. The van der Waals surface area contributed by atoms with Crippen LogP contribution in [-0.2, 0) is 11.3 Å². The molecule has 5 N–H and O–H groups in total. The molecule has 0 saturated carbocycles. The molecule has 23 heavy (non-hydrogen) atoms. The first kappa shape index (κ1) is 18.5. The molecular weight excluding hydrogens is 298 g/mol. The molecular formula is C16H23N3O4. The summed E-state index contributed by atoms with van der Waals surface area (Å²) in [5.41, 5.74) is 5.48. The highest BCUT2D eigenvalue weighted by atomic mass is 16.4. The van der Waals surface area contributed by atoms with Crippen molar-refractivity contribution < 1.29 is 19.5 Å². The summed E-state index contributed by atoms with van der Waals surface area (Å²) in [6.07, 6.45) is 0.941. The van der Waals surface area contributed by atoms with E-state index in [4.69, 9.17) is 10.8 Å². The number of carbonyl (C=O) groups is 3. The van der Waals surface area contributed by atoms with E-state index in [1.54, 1.807) is 24.3 Å². The smallest absolute Gasteiger partial charge is 0.312 e. The molecule has 7 nitrogen and oxygen atoms in total. The lowest BCUT2D eigenvalue weighted by Crippen LogP contribution is -2.49. The van der Waals surface area contributed by atoms with Gasteiger partial charge in [-0.15, -0.1) is 0 Å². The standard InChI is InChI=1S/C16H23N3O4/c1-3-16(4-2,9-13(20)21)19-14(22)12-7-5-11(6-8-12)10-18-15(17)23/h5-8H,3-4,9-10H2,1-2H3,(H,19,22)(H,20,21)(H3,17,18,23). The fourth-order valence-corrected chi connectivity index (χ4v) is 2.29. The summed E-state index contributed by atoms with van der Waals surface area (Å²) in [6, 6.07) is 6.06. The van der Waals surface area contributed by atoms with Gasteiger partial charge in [0.15, 0.2) is 0 Å². The lowest BCUT2D eigenvalue weighted by molar-refractivity contribution is -0.138. The zero-order valence-electron chi connectivity index (χ0n) is 13.4. The fourth-order valence-electron chi connectivity index (χ4n) is 2.29. The average Bonchev–Trinajstić information content (AvgIpc) is 2.52. The molecule has 0 bridgehead atoms. The van der Waals surface area contributed by atoms with Crippen molar-refractivity contribution in [2.24, 2.45) is 5.73 Å². The van der Waals surface area contributed by atoms with Crippen LogP contribution in [0, 0.1) is 0 Å². The van der Waals surface area contributed by atoms with E-state index < -0.39 is 17.5 Å². The van der Waals surface area contributed by atoms with E-state index in [-0.39, 0.29) is 18.9 Å². The minimum atomic E-state index is -0.943. The Bertz CT molecular complexity index is 565. The molecule has 0 atom stereocenters. The summed E-state index contributed by atoms with van der Waals surface area (Å²) in [7, 11) is 0. The molecule has 0 radical (unpaired) electrons. The summed E-state index contributed by atoms with van der Waals surface area (Å²) >= 11 is 0. The highest BCUT2D eigenvalue weighted by Crippen LogP contribution is 2.20. The van der Waals surface area contributed by atoms with Gasteiger partial charge in [-0.05, 0) is 30.5 Å².